The molecule has 3 heteroatoms. The Labute approximate surface area is 119 Å². The Hall–Kier alpha value is -1.87. The molecule has 3 nitrogen and oxygen atoms in total. The highest BCUT2D eigenvalue weighted by Gasteiger charge is 2.20. The third kappa shape index (κ3) is 3.58. The van der Waals surface area contributed by atoms with Crippen LogP contribution >= 0.6 is 0 Å². The summed E-state index contributed by atoms with van der Waals surface area (Å²) in [6, 6.07) is 15.4. The molecule has 2 aromatic rings. The van der Waals surface area contributed by atoms with Gasteiger partial charge < -0.3 is 10.6 Å². The van der Waals surface area contributed by atoms with Crippen molar-refractivity contribution in [2.24, 2.45) is 0 Å². The number of carbonyl (C=O) groups excluding carboxylic acids is 1. The predicted molar refractivity (Wildman–Crippen MR) is 81.7 cm³/mol. The number of nitrogens with one attached hydrogen (secondary N) is 2. The van der Waals surface area contributed by atoms with Gasteiger partial charge in [-0.1, -0.05) is 42.5 Å². The van der Waals surface area contributed by atoms with Gasteiger partial charge in [0, 0.05) is 12.6 Å². The number of amides is 1. The molecule has 20 heavy (non-hydrogen) atoms. The van der Waals surface area contributed by atoms with Crippen LogP contribution < -0.4 is 10.6 Å². The van der Waals surface area contributed by atoms with Crippen LogP contribution in [0.25, 0.3) is 10.8 Å². The van der Waals surface area contributed by atoms with Gasteiger partial charge in [-0.05, 0) is 35.6 Å². The van der Waals surface area contributed by atoms with E-state index in [1.54, 1.807) is 0 Å². The minimum atomic E-state index is 0.0951. The van der Waals surface area contributed by atoms with E-state index in [0.29, 0.717) is 19.1 Å². The third-order valence-corrected chi connectivity index (χ3v) is 3.68. The highest BCUT2D eigenvalue weighted by molar-refractivity contribution is 5.83. The quantitative estimate of drug-likeness (QED) is 0.843. The smallest absolute Gasteiger partial charge is 0.233 e. The van der Waals surface area contributed by atoms with Gasteiger partial charge in [0.1, 0.15) is 0 Å². The summed E-state index contributed by atoms with van der Waals surface area (Å²) in [6.07, 6.45) is 3.30. The molecule has 2 aromatic carbocycles. The van der Waals surface area contributed by atoms with Crippen molar-refractivity contribution in [3.05, 3.63) is 48.0 Å². The van der Waals surface area contributed by atoms with Gasteiger partial charge in [-0.3, -0.25) is 4.79 Å². The average Bonchev–Trinajstić information content (AvgIpc) is 3.29. The van der Waals surface area contributed by atoms with Crippen molar-refractivity contribution in [1.29, 1.82) is 0 Å². The van der Waals surface area contributed by atoms with Crippen molar-refractivity contribution >= 4 is 16.7 Å². The van der Waals surface area contributed by atoms with Crippen LogP contribution in [0.5, 0.6) is 0 Å². The number of fused-ring (bicyclic) bond motifs is 1. The van der Waals surface area contributed by atoms with Crippen LogP contribution in [-0.2, 0) is 11.2 Å². The van der Waals surface area contributed by atoms with Crippen LogP contribution in [0, 0.1) is 0 Å². The zero-order chi connectivity index (χ0) is 13.8. The maximum atomic E-state index is 11.6. The van der Waals surface area contributed by atoms with Crippen molar-refractivity contribution in [2.75, 3.05) is 13.1 Å². The van der Waals surface area contributed by atoms with E-state index in [2.05, 4.69) is 53.1 Å². The van der Waals surface area contributed by atoms with Crippen LogP contribution in [0.15, 0.2) is 42.5 Å². The minimum absolute atomic E-state index is 0.0951. The summed E-state index contributed by atoms with van der Waals surface area (Å²) in [7, 11) is 0. The first-order valence-electron chi connectivity index (χ1n) is 7.29. The zero-order valence-electron chi connectivity index (χ0n) is 11.6. The van der Waals surface area contributed by atoms with Gasteiger partial charge in [0.15, 0.2) is 0 Å². The standard InChI is InChI=1S/C17H20N2O/c20-17(12-19-16-7-8-16)18-10-9-13-5-6-14-3-1-2-4-15(14)11-13/h1-6,11,16,19H,7-10,12H2,(H,18,20). The van der Waals surface area contributed by atoms with Crippen LogP contribution in [0.1, 0.15) is 18.4 Å². The molecule has 0 atom stereocenters. The fourth-order valence-corrected chi connectivity index (χ4v) is 2.33. The van der Waals surface area contributed by atoms with Crippen LogP contribution in [0.3, 0.4) is 0 Å². The molecule has 1 amide bonds. The van der Waals surface area contributed by atoms with E-state index in [4.69, 9.17) is 0 Å². The molecule has 0 radical (unpaired) electrons. The molecule has 3 rings (SSSR count). The second-order valence-corrected chi connectivity index (χ2v) is 5.44. The SMILES string of the molecule is O=C(CNC1CC1)NCCc1ccc2ccccc2c1. The van der Waals surface area contributed by atoms with Gasteiger partial charge in [-0.25, -0.2) is 0 Å². The monoisotopic (exact) mass is 268 g/mol. The molecule has 0 unspecified atom stereocenters. The molecule has 0 heterocycles. The second-order valence-electron chi connectivity index (χ2n) is 5.44. The molecule has 1 aliphatic rings. The summed E-state index contributed by atoms with van der Waals surface area (Å²) in [4.78, 5) is 11.6. The molecule has 0 spiro atoms. The first-order chi connectivity index (χ1) is 9.81. The zero-order valence-corrected chi connectivity index (χ0v) is 11.6. The lowest BCUT2D eigenvalue weighted by atomic mass is 10.1. The summed E-state index contributed by atoms with van der Waals surface area (Å²) in [5.41, 5.74) is 1.26. The Kier molecular flexibility index (Phi) is 3.97. The third-order valence-electron chi connectivity index (χ3n) is 3.68. The summed E-state index contributed by atoms with van der Waals surface area (Å²) < 4.78 is 0. The van der Waals surface area contributed by atoms with Crippen LogP contribution in [-0.4, -0.2) is 25.0 Å². The summed E-state index contributed by atoms with van der Waals surface area (Å²) in [6.45, 7) is 1.14. The molecule has 0 saturated heterocycles. The van der Waals surface area contributed by atoms with E-state index in [1.807, 2.05) is 0 Å². The number of benzene rings is 2. The molecular formula is C17H20N2O. The first-order valence-corrected chi connectivity index (χ1v) is 7.29. The van der Waals surface area contributed by atoms with Crippen molar-refractivity contribution in [3.8, 4) is 0 Å². The Bertz CT molecular complexity index is 605. The van der Waals surface area contributed by atoms with Gasteiger partial charge in [0.25, 0.3) is 0 Å². The topological polar surface area (TPSA) is 41.1 Å². The summed E-state index contributed by atoms with van der Waals surface area (Å²) in [5.74, 6) is 0.0951. The molecule has 1 saturated carbocycles. The lowest BCUT2D eigenvalue weighted by molar-refractivity contribution is -0.120. The molecule has 0 bridgehead atoms. The van der Waals surface area contributed by atoms with Crippen molar-refractivity contribution in [3.63, 3.8) is 0 Å². The highest BCUT2D eigenvalue weighted by atomic mass is 16.1. The number of carbonyl (C=O) groups is 1. The van der Waals surface area contributed by atoms with E-state index < -0.39 is 0 Å². The minimum Gasteiger partial charge on any atom is -0.355 e. The van der Waals surface area contributed by atoms with Gasteiger partial charge >= 0.3 is 0 Å². The normalized spacial score (nSPS) is 14.4. The van der Waals surface area contributed by atoms with Gasteiger partial charge in [0.2, 0.25) is 5.91 Å². The fraction of sp³-hybridized carbons (Fsp3) is 0.353. The van der Waals surface area contributed by atoms with Crippen LogP contribution in [0.4, 0.5) is 0 Å². The van der Waals surface area contributed by atoms with Crippen molar-refractivity contribution in [2.45, 2.75) is 25.3 Å². The summed E-state index contributed by atoms with van der Waals surface area (Å²) >= 11 is 0. The largest absolute Gasteiger partial charge is 0.355 e. The van der Waals surface area contributed by atoms with Gasteiger partial charge in [-0.2, -0.15) is 0 Å². The molecule has 104 valence electrons. The highest BCUT2D eigenvalue weighted by Crippen LogP contribution is 2.18. The van der Waals surface area contributed by atoms with Crippen molar-refractivity contribution < 1.29 is 4.79 Å². The molecule has 1 fully saturated rings. The molecule has 2 N–H and O–H groups in total. The molecule has 1 aliphatic carbocycles. The van der Waals surface area contributed by atoms with E-state index in [9.17, 15) is 4.79 Å². The van der Waals surface area contributed by atoms with Gasteiger partial charge in [-0.15, -0.1) is 0 Å². The second kappa shape index (κ2) is 6.06. The molecule has 0 aromatic heterocycles. The Morgan fingerprint density at radius 2 is 1.90 bits per heavy atom. The summed E-state index contributed by atoms with van der Waals surface area (Å²) in [5, 5.41) is 8.69. The Morgan fingerprint density at radius 1 is 1.10 bits per heavy atom. The maximum absolute atomic E-state index is 11.6. The van der Waals surface area contributed by atoms with Crippen LogP contribution in [0.2, 0.25) is 0 Å². The van der Waals surface area contributed by atoms with E-state index in [-0.39, 0.29) is 5.91 Å². The average molecular weight is 268 g/mol. The number of hydrogen-bond acceptors (Lipinski definition) is 2. The molecule has 0 aliphatic heterocycles. The fourth-order valence-electron chi connectivity index (χ4n) is 2.33. The Balaban J connectivity index is 1.47. The van der Waals surface area contributed by atoms with E-state index in [1.165, 1.54) is 29.2 Å². The first kappa shape index (κ1) is 13.1. The van der Waals surface area contributed by atoms with E-state index >= 15 is 0 Å². The predicted octanol–water partition coefficient (Wildman–Crippen LogP) is 2.25. The maximum Gasteiger partial charge on any atom is 0.233 e. The number of rotatable bonds is 6. The lowest BCUT2D eigenvalue weighted by Gasteiger charge is -2.07. The van der Waals surface area contributed by atoms with E-state index in [0.717, 1.165) is 6.42 Å². The Morgan fingerprint density at radius 3 is 2.70 bits per heavy atom. The molecular weight excluding hydrogens is 248 g/mol. The lowest BCUT2D eigenvalue weighted by Crippen LogP contribution is -2.35. The van der Waals surface area contributed by atoms with Gasteiger partial charge in [0.05, 0.1) is 6.54 Å². The van der Waals surface area contributed by atoms with Crippen molar-refractivity contribution in [1.82, 2.24) is 10.6 Å². The number of hydrogen-bond donors (Lipinski definition) is 2.